The number of ether oxygens (including phenoxy) is 1. The molecule has 0 saturated heterocycles. The van der Waals surface area contributed by atoms with Gasteiger partial charge in [0.25, 0.3) is 0 Å². The van der Waals surface area contributed by atoms with Gasteiger partial charge in [-0.25, -0.2) is 4.79 Å². The summed E-state index contributed by atoms with van der Waals surface area (Å²) >= 11 is 2.93. The number of carbonyl (C=O) groups is 1. The summed E-state index contributed by atoms with van der Waals surface area (Å²) in [7, 11) is 1.58. The molecule has 0 saturated carbocycles. The minimum absolute atomic E-state index is 0.371. The van der Waals surface area contributed by atoms with Crippen LogP contribution in [0.3, 0.4) is 0 Å². The number of nitrogens with one attached hydrogen (secondary N) is 2. The van der Waals surface area contributed by atoms with E-state index in [2.05, 4.69) is 33.0 Å². The van der Waals surface area contributed by atoms with Crippen LogP contribution in [0.1, 0.15) is 5.56 Å². The van der Waals surface area contributed by atoms with E-state index in [1.165, 1.54) is 16.9 Å². The van der Waals surface area contributed by atoms with Gasteiger partial charge in [-0.15, -0.1) is 10.2 Å². The molecule has 128 valence electrons. The largest absolute Gasteiger partial charge is 0.497 e. The zero-order chi connectivity index (χ0) is 17.5. The van der Waals surface area contributed by atoms with Crippen LogP contribution in [0.5, 0.6) is 5.75 Å². The highest BCUT2D eigenvalue weighted by molar-refractivity contribution is 8.00. The molecule has 2 amide bonds. The highest BCUT2D eigenvalue weighted by atomic mass is 32.2. The lowest BCUT2D eigenvalue weighted by atomic mass is 10.2. The summed E-state index contributed by atoms with van der Waals surface area (Å²) in [5, 5.41) is 14.0. The van der Waals surface area contributed by atoms with E-state index in [4.69, 9.17) is 4.74 Å². The van der Waals surface area contributed by atoms with Crippen molar-refractivity contribution in [2.75, 3.05) is 17.7 Å². The quantitative estimate of drug-likeness (QED) is 0.493. The van der Waals surface area contributed by atoms with Crippen molar-refractivity contribution in [3.63, 3.8) is 0 Å². The number of carbonyl (C=O) groups excluding carboxylic acids is 1. The first-order chi connectivity index (χ1) is 12.2. The molecule has 0 fully saturated rings. The highest BCUT2D eigenvalue weighted by Gasteiger charge is 2.09. The Balaban J connectivity index is 1.52. The van der Waals surface area contributed by atoms with Crippen molar-refractivity contribution in [2.45, 2.75) is 10.1 Å². The Labute approximate surface area is 153 Å². The van der Waals surface area contributed by atoms with Crippen LogP contribution < -0.4 is 15.4 Å². The predicted octanol–water partition coefficient (Wildman–Crippen LogP) is 4.48. The number of methoxy groups -OCH3 is 1. The average molecular weight is 372 g/mol. The van der Waals surface area contributed by atoms with E-state index in [0.29, 0.717) is 16.6 Å². The summed E-state index contributed by atoms with van der Waals surface area (Å²) < 4.78 is 5.93. The normalized spacial score (nSPS) is 10.3. The van der Waals surface area contributed by atoms with Gasteiger partial charge in [0.1, 0.15) is 5.75 Å². The molecule has 1 heterocycles. The molecule has 2 aromatic carbocycles. The summed E-state index contributed by atoms with van der Waals surface area (Å²) in [5.74, 6) is 1.49. The number of hydrogen-bond acceptors (Lipinski definition) is 6. The molecule has 0 radical (unpaired) electrons. The molecule has 25 heavy (non-hydrogen) atoms. The van der Waals surface area contributed by atoms with Crippen molar-refractivity contribution in [3.05, 3.63) is 60.2 Å². The van der Waals surface area contributed by atoms with E-state index in [1.807, 2.05) is 24.3 Å². The fourth-order valence-corrected chi connectivity index (χ4v) is 3.70. The second kappa shape index (κ2) is 8.50. The fraction of sp³-hybridized carbons (Fsp3) is 0.118. The molecule has 0 aliphatic carbocycles. The minimum atomic E-state index is -0.371. The number of rotatable bonds is 6. The number of amides is 2. The van der Waals surface area contributed by atoms with Gasteiger partial charge in [0.05, 0.1) is 7.11 Å². The fourth-order valence-electron chi connectivity index (χ4n) is 2.00. The third-order valence-electron chi connectivity index (χ3n) is 3.16. The summed E-state index contributed by atoms with van der Waals surface area (Å²) in [4.78, 5) is 12.0. The lowest BCUT2D eigenvalue weighted by Crippen LogP contribution is -2.19. The standard InChI is InChI=1S/C17H16N4O2S2/c1-23-14-9-5-8-13(10-14)18-15(22)19-16-20-21-17(25-16)24-11-12-6-3-2-4-7-12/h2-10H,11H2,1H3,(H2,18,19,20,22). The lowest BCUT2D eigenvalue weighted by Gasteiger charge is -2.06. The number of nitrogens with zero attached hydrogens (tertiary/aromatic N) is 2. The summed E-state index contributed by atoms with van der Waals surface area (Å²) in [5.41, 5.74) is 1.85. The molecule has 0 aliphatic heterocycles. The topological polar surface area (TPSA) is 76.1 Å². The molecule has 0 aliphatic rings. The second-order valence-electron chi connectivity index (χ2n) is 4.96. The predicted molar refractivity (Wildman–Crippen MR) is 102 cm³/mol. The van der Waals surface area contributed by atoms with E-state index >= 15 is 0 Å². The van der Waals surface area contributed by atoms with Crippen LogP contribution in [-0.2, 0) is 5.75 Å². The van der Waals surface area contributed by atoms with Crippen molar-refractivity contribution in [1.29, 1.82) is 0 Å². The van der Waals surface area contributed by atoms with Crippen molar-refractivity contribution in [3.8, 4) is 5.75 Å². The van der Waals surface area contributed by atoms with Crippen molar-refractivity contribution >= 4 is 39.9 Å². The maximum Gasteiger partial charge on any atom is 0.325 e. The smallest absolute Gasteiger partial charge is 0.325 e. The molecule has 0 unspecified atom stereocenters. The Morgan fingerprint density at radius 2 is 1.96 bits per heavy atom. The van der Waals surface area contributed by atoms with Gasteiger partial charge in [0.15, 0.2) is 4.34 Å². The Morgan fingerprint density at radius 1 is 1.12 bits per heavy atom. The SMILES string of the molecule is COc1cccc(NC(=O)Nc2nnc(SCc3ccccc3)s2)c1. The van der Waals surface area contributed by atoms with Crippen LogP contribution in [0.25, 0.3) is 0 Å². The maximum atomic E-state index is 12.0. The molecule has 2 N–H and O–H groups in total. The first-order valence-electron chi connectivity index (χ1n) is 7.45. The van der Waals surface area contributed by atoms with Crippen LogP contribution in [0, 0.1) is 0 Å². The third-order valence-corrected chi connectivity index (χ3v) is 5.20. The van der Waals surface area contributed by atoms with Crippen molar-refractivity contribution < 1.29 is 9.53 Å². The Bertz CT molecular complexity index is 839. The van der Waals surface area contributed by atoms with Gasteiger partial charge >= 0.3 is 6.03 Å². The van der Waals surface area contributed by atoms with Crippen LogP contribution in [0.4, 0.5) is 15.6 Å². The zero-order valence-corrected chi connectivity index (χ0v) is 15.1. The van der Waals surface area contributed by atoms with E-state index in [1.54, 1.807) is 37.1 Å². The molecular weight excluding hydrogens is 356 g/mol. The number of urea groups is 1. The van der Waals surface area contributed by atoms with E-state index in [0.717, 1.165) is 10.1 Å². The van der Waals surface area contributed by atoms with Gasteiger partial charge in [0.2, 0.25) is 5.13 Å². The Morgan fingerprint density at radius 3 is 2.76 bits per heavy atom. The molecule has 3 rings (SSSR count). The Hall–Kier alpha value is -2.58. The number of thioether (sulfide) groups is 1. The Kier molecular flexibility index (Phi) is 5.86. The van der Waals surface area contributed by atoms with E-state index < -0.39 is 0 Å². The van der Waals surface area contributed by atoms with Gasteiger partial charge < -0.3 is 10.1 Å². The molecular formula is C17H16N4O2S2. The number of aromatic nitrogens is 2. The first-order valence-corrected chi connectivity index (χ1v) is 9.25. The number of anilines is 2. The third kappa shape index (κ3) is 5.20. The summed E-state index contributed by atoms with van der Waals surface area (Å²) in [6, 6.07) is 16.9. The minimum Gasteiger partial charge on any atom is -0.497 e. The van der Waals surface area contributed by atoms with Crippen molar-refractivity contribution in [1.82, 2.24) is 10.2 Å². The molecule has 8 heteroatoms. The maximum absolute atomic E-state index is 12.0. The molecule has 0 atom stereocenters. The molecule has 3 aromatic rings. The van der Waals surface area contributed by atoms with E-state index in [-0.39, 0.29) is 6.03 Å². The van der Waals surface area contributed by atoms with Crippen LogP contribution in [0.2, 0.25) is 0 Å². The highest BCUT2D eigenvalue weighted by Crippen LogP contribution is 2.28. The van der Waals surface area contributed by atoms with Crippen LogP contribution >= 0.6 is 23.1 Å². The van der Waals surface area contributed by atoms with Gasteiger partial charge in [-0.1, -0.05) is 59.5 Å². The zero-order valence-electron chi connectivity index (χ0n) is 13.4. The average Bonchev–Trinajstić information content (AvgIpc) is 3.08. The van der Waals surface area contributed by atoms with Gasteiger partial charge in [0, 0.05) is 17.5 Å². The van der Waals surface area contributed by atoms with Crippen LogP contribution in [-0.4, -0.2) is 23.3 Å². The van der Waals surface area contributed by atoms with Crippen LogP contribution in [0.15, 0.2) is 58.9 Å². The molecule has 0 spiro atoms. The summed E-state index contributed by atoms with van der Waals surface area (Å²) in [6.45, 7) is 0. The molecule has 6 nitrogen and oxygen atoms in total. The van der Waals surface area contributed by atoms with Gasteiger partial charge in [-0.2, -0.15) is 0 Å². The van der Waals surface area contributed by atoms with Crippen molar-refractivity contribution in [2.24, 2.45) is 0 Å². The number of benzene rings is 2. The monoisotopic (exact) mass is 372 g/mol. The molecule has 1 aromatic heterocycles. The van der Waals surface area contributed by atoms with E-state index in [9.17, 15) is 4.79 Å². The lowest BCUT2D eigenvalue weighted by molar-refractivity contribution is 0.262. The second-order valence-corrected chi connectivity index (χ2v) is 7.16. The van der Waals surface area contributed by atoms with Gasteiger partial charge in [-0.3, -0.25) is 5.32 Å². The first kappa shape index (κ1) is 17.2. The molecule has 0 bridgehead atoms. The number of hydrogen-bond donors (Lipinski definition) is 2. The summed E-state index contributed by atoms with van der Waals surface area (Å²) in [6.07, 6.45) is 0. The van der Waals surface area contributed by atoms with Gasteiger partial charge in [-0.05, 0) is 17.7 Å².